The Balaban J connectivity index is 1.86. The van der Waals surface area contributed by atoms with E-state index in [0.29, 0.717) is 18.6 Å². The Kier molecular flexibility index (Phi) is 8.76. The highest BCUT2D eigenvalue weighted by Crippen LogP contribution is 2.14. The van der Waals surface area contributed by atoms with E-state index in [2.05, 4.69) is 15.5 Å². The highest BCUT2D eigenvalue weighted by molar-refractivity contribution is 5.97. The number of nitrogens with zero attached hydrogens (tertiary/aromatic N) is 2. The fourth-order valence-electron chi connectivity index (χ4n) is 3.20. The number of ether oxygens (including phenoxy) is 1. The van der Waals surface area contributed by atoms with Gasteiger partial charge in [0, 0.05) is 12.1 Å². The number of benzene rings is 1. The molecular formula is C21H30N4O3. The minimum Gasteiger partial charge on any atom is -0.492 e. The Morgan fingerprint density at radius 3 is 2.50 bits per heavy atom. The molecule has 28 heavy (non-hydrogen) atoms. The molecule has 1 aliphatic rings. The molecule has 0 radical (unpaired) electrons. The fourth-order valence-corrected chi connectivity index (χ4v) is 3.20. The third kappa shape index (κ3) is 7.20. The zero-order valence-electron chi connectivity index (χ0n) is 16.7. The van der Waals surface area contributed by atoms with Crippen LogP contribution < -0.4 is 15.4 Å². The lowest BCUT2D eigenvalue weighted by atomic mass is 10.0. The molecule has 2 amide bonds. The fraction of sp³-hybridized carbons (Fsp3) is 0.571. The van der Waals surface area contributed by atoms with Crippen LogP contribution >= 0.6 is 0 Å². The molecule has 0 aliphatic carbocycles. The Morgan fingerprint density at radius 2 is 1.89 bits per heavy atom. The van der Waals surface area contributed by atoms with E-state index in [1.807, 2.05) is 19.9 Å². The van der Waals surface area contributed by atoms with E-state index < -0.39 is 6.04 Å². The van der Waals surface area contributed by atoms with Crippen LogP contribution in [-0.4, -0.2) is 55.5 Å². The molecule has 1 saturated heterocycles. The van der Waals surface area contributed by atoms with Crippen molar-refractivity contribution in [2.45, 2.75) is 39.2 Å². The number of likely N-dealkylation sites (tertiary alicyclic amines) is 1. The van der Waals surface area contributed by atoms with E-state index in [1.54, 1.807) is 24.3 Å². The average Bonchev–Trinajstić information content (AvgIpc) is 3.19. The second-order valence-electron chi connectivity index (χ2n) is 7.45. The number of carbonyl (C=O) groups excluding carboxylic acids is 2. The third-order valence-electron chi connectivity index (χ3n) is 4.66. The van der Waals surface area contributed by atoms with Gasteiger partial charge in [0.15, 0.2) is 0 Å². The smallest absolute Gasteiger partial charge is 0.251 e. The molecule has 0 bridgehead atoms. The van der Waals surface area contributed by atoms with Crippen LogP contribution in [0.3, 0.4) is 0 Å². The molecule has 7 nitrogen and oxygen atoms in total. The van der Waals surface area contributed by atoms with Crippen molar-refractivity contribution in [3.63, 3.8) is 0 Å². The van der Waals surface area contributed by atoms with Gasteiger partial charge in [-0.2, -0.15) is 5.26 Å². The van der Waals surface area contributed by atoms with Gasteiger partial charge in [-0.3, -0.25) is 14.5 Å². The largest absolute Gasteiger partial charge is 0.492 e. The molecule has 7 heteroatoms. The van der Waals surface area contributed by atoms with Crippen LogP contribution in [-0.2, 0) is 4.79 Å². The SMILES string of the molecule is CC(C)CC(NC(=O)c1ccc(OCCN2CCCC2)cc1)C(=O)NCC#N. The molecule has 1 aromatic carbocycles. The predicted octanol–water partition coefficient (Wildman–Crippen LogP) is 1.95. The molecule has 0 aromatic heterocycles. The Morgan fingerprint density at radius 1 is 1.21 bits per heavy atom. The maximum absolute atomic E-state index is 12.5. The van der Waals surface area contributed by atoms with Gasteiger partial charge in [0.25, 0.3) is 5.91 Å². The molecular weight excluding hydrogens is 356 g/mol. The molecule has 0 saturated carbocycles. The molecule has 2 N–H and O–H groups in total. The van der Waals surface area contributed by atoms with Gasteiger partial charge in [-0.25, -0.2) is 0 Å². The lowest BCUT2D eigenvalue weighted by Crippen LogP contribution is -2.47. The van der Waals surface area contributed by atoms with Crippen LogP contribution in [0.15, 0.2) is 24.3 Å². The van der Waals surface area contributed by atoms with E-state index in [9.17, 15) is 9.59 Å². The van der Waals surface area contributed by atoms with Gasteiger partial charge in [-0.05, 0) is 62.5 Å². The summed E-state index contributed by atoms with van der Waals surface area (Å²) < 4.78 is 5.75. The first kappa shape index (κ1) is 21.7. The molecule has 152 valence electrons. The maximum atomic E-state index is 12.5. The Labute approximate surface area is 167 Å². The van der Waals surface area contributed by atoms with Crippen molar-refractivity contribution in [2.75, 3.05) is 32.8 Å². The quantitative estimate of drug-likeness (QED) is 0.600. The molecule has 0 spiro atoms. The number of amides is 2. The monoisotopic (exact) mass is 386 g/mol. The number of hydrogen-bond donors (Lipinski definition) is 2. The van der Waals surface area contributed by atoms with Gasteiger partial charge in [-0.15, -0.1) is 0 Å². The molecule has 1 aromatic rings. The Hall–Kier alpha value is -2.59. The van der Waals surface area contributed by atoms with Crippen LogP contribution in [0, 0.1) is 17.2 Å². The first-order valence-corrected chi connectivity index (χ1v) is 9.90. The van der Waals surface area contributed by atoms with E-state index in [1.165, 1.54) is 12.8 Å². The molecule has 1 heterocycles. The maximum Gasteiger partial charge on any atom is 0.251 e. The second-order valence-corrected chi connectivity index (χ2v) is 7.45. The summed E-state index contributed by atoms with van der Waals surface area (Å²) >= 11 is 0. The minimum atomic E-state index is -0.669. The van der Waals surface area contributed by atoms with Gasteiger partial charge in [0.1, 0.15) is 24.9 Å². The van der Waals surface area contributed by atoms with Gasteiger partial charge in [-0.1, -0.05) is 13.8 Å². The minimum absolute atomic E-state index is 0.0766. The summed E-state index contributed by atoms with van der Waals surface area (Å²) in [7, 11) is 0. The predicted molar refractivity (Wildman–Crippen MR) is 107 cm³/mol. The van der Waals surface area contributed by atoms with E-state index in [0.717, 1.165) is 25.4 Å². The number of rotatable bonds is 10. The van der Waals surface area contributed by atoms with Crippen molar-refractivity contribution in [1.82, 2.24) is 15.5 Å². The summed E-state index contributed by atoms with van der Waals surface area (Å²) in [5.41, 5.74) is 0.466. The molecule has 1 aliphatic heterocycles. The summed E-state index contributed by atoms with van der Waals surface area (Å²) in [6, 6.07) is 8.13. The van der Waals surface area contributed by atoms with Crippen LogP contribution in [0.2, 0.25) is 0 Å². The van der Waals surface area contributed by atoms with Crippen LogP contribution in [0.4, 0.5) is 0 Å². The van der Waals surface area contributed by atoms with Gasteiger partial charge < -0.3 is 15.4 Å². The van der Waals surface area contributed by atoms with E-state index in [-0.39, 0.29) is 24.3 Å². The topological polar surface area (TPSA) is 94.5 Å². The lowest BCUT2D eigenvalue weighted by Gasteiger charge is -2.19. The highest BCUT2D eigenvalue weighted by atomic mass is 16.5. The summed E-state index contributed by atoms with van der Waals surface area (Å²) in [5, 5.41) is 13.9. The Bertz CT molecular complexity index is 676. The standard InChI is InChI=1S/C21H30N4O3/c1-16(2)15-19(21(27)23-10-9-22)24-20(26)17-5-7-18(8-6-17)28-14-13-25-11-3-4-12-25/h5-8,16,19H,3-4,10-15H2,1-2H3,(H,23,27)(H,24,26). The van der Waals surface area contributed by atoms with Crippen molar-refractivity contribution in [3.8, 4) is 11.8 Å². The third-order valence-corrected chi connectivity index (χ3v) is 4.66. The van der Waals surface area contributed by atoms with E-state index >= 15 is 0 Å². The number of nitrogens with one attached hydrogen (secondary N) is 2. The van der Waals surface area contributed by atoms with Gasteiger partial charge in [0.05, 0.1) is 6.07 Å². The molecule has 2 rings (SSSR count). The molecule has 1 fully saturated rings. The number of nitriles is 1. The summed E-state index contributed by atoms with van der Waals surface area (Å²) in [5.74, 6) is 0.289. The summed E-state index contributed by atoms with van der Waals surface area (Å²) in [4.78, 5) is 27.1. The van der Waals surface area contributed by atoms with E-state index in [4.69, 9.17) is 10.00 Å². The second kappa shape index (κ2) is 11.3. The highest BCUT2D eigenvalue weighted by Gasteiger charge is 2.22. The average molecular weight is 386 g/mol. The van der Waals surface area contributed by atoms with Crippen LogP contribution in [0.25, 0.3) is 0 Å². The van der Waals surface area contributed by atoms with Crippen molar-refractivity contribution < 1.29 is 14.3 Å². The van der Waals surface area contributed by atoms with Crippen molar-refractivity contribution in [2.24, 2.45) is 5.92 Å². The molecule has 1 atom stereocenters. The van der Waals surface area contributed by atoms with Crippen LogP contribution in [0.5, 0.6) is 5.75 Å². The lowest BCUT2D eigenvalue weighted by molar-refractivity contribution is -0.123. The van der Waals surface area contributed by atoms with Crippen LogP contribution in [0.1, 0.15) is 43.5 Å². The van der Waals surface area contributed by atoms with Crippen molar-refractivity contribution in [3.05, 3.63) is 29.8 Å². The van der Waals surface area contributed by atoms with Gasteiger partial charge >= 0.3 is 0 Å². The summed E-state index contributed by atoms with van der Waals surface area (Å²) in [6.07, 6.45) is 3.02. The summed E-state index contributed by atoms with van der Waals surface area (Å²) in [6.45, 7) is 7.70. The molecule has 1 unspecified atom stereocenters. The normalized spacial score (nSPS) is 15.1. The van der Waals surface area contributed by atoms with Crippen molar-refractivity contribution in [1.29, 1.82) is 5.26 Å². The first-order valence-electron chi connectivity index (χ1n) is 9.90. The first-order chi connectivity index (χ1) is 13.5. The zero-order chi connectivity index (χ0) is 20.4. The van der Waals surface area contributed by atoms with Gasteiger partial charge in [0.2, 0.25) is 5.91 Å². The number of hydrogen-bond acceptors (Lipinski definition) is 5. The van der Waals surface area contributed by atoms with Crippen molar-refractivity contribution >= 4 is 11.8 Å². The number of carbonyl (C=O) groups is 2. The zero-order valence-corrected chi connectivity index (χ0v) is 16.7.